The van der Waals surface area contributed by atoms with Gasteiger partial charge in [0.25, 0.3) is 5.91 Å². The first-order chi connectivity index (χ1) is 10.2. The Hall–Kier alpha value is -1.90. The van der Waals surface area contributed by atoms with Crippen molar-refractivity contribution in [3.8, 4) is 6.07 Å². The van der Waals surface area contributed by atoms with Crippen LogP contribution < -0.4 is 0 Å². The molecule has 1 rings (SSSR count). The molecule has 1 aromatic carbocycles. The maximum Gasteiger partial charge on any atom is 0.254 e. The molecule has 0 heterocycles. The lowest BCUT2D eigenvalue weighted by atomic mass is 10.1. The lowest BCUT2D eigenvalue weighted by Gasteiger charge is -2.22. The number of benzene rings is 1. The Kier molecular flexibility index (Phi) is 8.10. The summed E-state index contributed by atoms with van der Waals surface area (Å²) >= 11 is 0. The SMILES string of the molecule is CCOCCN(CCOCC)C(=O)c1ccc(C#N)cc1. The van der Waals surface area contributed by atoms with Crippen molar-refractivity contribution in [1.29, 1.82) is 5.26 Å². The van der Waals surface area contributed by atoms with Gasteiger partial charge in [0.1, 0.15) is 0 Å². The molecule has 21 heavy (non-hydrogen) atoms. The van der Waals surface area contributed by atoms with Gasteiger partial charge in [-0.2, -0.15) is 5.26 Å². The number of ether oxygens (including phenoxy) is 2. The summed E-state index contributed by atoms with van der Waals surface area (Å²) in [6.07, 6.45) is 0. The Bertz CT molecular complexity index is 455. The van der Waals surface area contributed by atoms with Crippen molar-refractivity contribution in [3.05, 3.63) is 35.4 Å². The molecular weight excluding hydrogens is 268 g/mol. The summed E-state index contributed by atoms with van der Waals surface area (Å²) in [6, 6.07) is 8.69. The van der Waals surface area contributed by atoms with E-state index in [4.69, 9.17) is 14.7 Å². The molecule has 0 saturated heterocycles. The summed E-state index contributed by atoms with van der Waals surface area (Å²) < 4.78 is 10.6. The molecule has 0 atom stereocenters. The number of amides is 1. The third kappa shape index (κ3) is 5.94. The third-order valence-electron chi connectivity index (χ3n) is 2.97. The highest BCUT2D eigenvalue weighted by Gasteiger charge is 2.15. The molecule has 0 fully saturated rings. The van der Waals surface area contributed by atoms with Crippen molar-refractivity contribution < 1.29 is 14.3 Å². The van der Waals surface area contributed by atoms with Crippen LogP contribution in [0.25, 0.3) is 0 Å². The van der Waals surface area contributed by atoms with Crippen molar-refractivity contribution in [1.82, 2.24) is 4.90 Å². The van der Waals surface area contributed by atoms with Gasteiger partial charge in [-0.3, -0.25) is 4.79 Å². The Morgan fingerprint density at radius 2 is 1.62 bits per heavy atom. The van der Waals surface area contributed by atoms with Gasteiger partial charge in [-0.25, -0.2) is 0 Å². The van der Waals surface area contributed by atoms with Gasteiger partial charge in [-0.1, -0.05) is 0 Å². The van der Waals surface area contributed by atoms with Gasteiger partial charge in [-0.15, -0.1) is 0 Å². The van der Waals surface area contributed by atoms with Gasteiger partial charge < -0.3 is 14.4 Å². The largest absolute Gasteiger partial charge is 0.380 e. The first-order valence-electron chi connectivity index (χ1n) is 7.17. The third-order valence-corrected chi connectivity index (χ3v) is 2.97. The van der Waals surface area contributed by atoms with Crippen molar-refractivity contribution in [3.63, 3.8) is 0 Å². The molecule has 5 heteroatoms. The monoisotopic (exact) mass is 290 g/mol. The molecule has 0 unspecified atom stereocenters. The topological polar surface area (TPSA) is 62.6 Å². The zero-order valence-corrected chi connectivity index (χ0v) is 12.7. The van der Waals surface area contributed by atoms with Crippen LogP contribution in [0.3, 0.4) is 0 Å². The van der Waals surface area contributed by atoms with Crippen molar-refractivity contribution in [2.24, 2.45) is 0 Å². The van der Waals surface area contributed by atoms with Crippen LogP contribution in [0.2, 0.25) is 0 Å². The standard InChI is InChI=1S/C16H22N2O3/c1-3-20-11-9-18(10-12-21-4-2)16(19)15-7-5-14(13-17)6-8-15/h5-8H,3-4,9-12H2,1-2H3. The second-order valence-electron chi connectivity index (χ2n) is 4.38. The molecule has 0 aliphatic heterocycles. The molecule has 0 saturated carbocycles. The fraction of sp³-hybridized carbons (Fsp3) is 0.500. The summed E-state index contributed by atoms with van der Waals surface area (Å²) in [5, 5.41) is 8.78. The Labute approximate surface area is 126 Å². The average molecular weight is 290 g/mol. The van der Waals surface area contributed by atoms with Gasteiger partial charge in [0, 0.05) is 31.9 Å². The quantitative estimate of drug-likeness (QED) is 0.653. The molecule has 0 spiro atoms. The van der Waals surface area contributed by atoms with E-state index in [9.17, 15) is 4.79 Å². The molecule has 0 N–H and O–H groups in total. The van der Waals surface area contributed by atoms with Crippen molar-refractivity contribution >= 4 is 5.91 Å². The highest BCUT2D eigenvalue weighted by molar-refractivity contribution is 5.94. The summed E-state index contributed by atoms with van der Waals surface area (Å²) in [5.74, 6) is -0.0705. The Morgan fingerprint density at radius 3 is 2.05 bits per heavy atom. The number of nitrogens with zero attached hydrogens (tertiary/aromatic N) is 2. The van der Waals surface area contributed by atoms with E-state index in [1.54, 1.807) is 29.2 Å². The molecule has 1 aromatic rings. The molecular formula is C16H22N2O3. The van der Waals surface area contributed by atoms with Gasteiger partial charge >= 0.3 is 0 Å². The zero-order chi connectivity index (χ0) is 15.5. The molecule has 1 amide bonds. The number of rotatable bonds is 9. The maximum absolute atomic E-state index is 12.5. The summed E-state index contributed by atoms with van der Waals surface area (Å²) in [7, 11) is 0. The molecule has 0 radical (unpaired) electrons. The fourth-order valence-electron chi connectivity index (χ4n) is 1.82. The highest BCUT2D eigenvalue weighted by atomic mass is 16.5. The van der Waals surface area contributed by atoms with Crippen molar-refractivity contribution in [2.75, 3.05) is 39.5 Å². The molecule has 114 valence electrons. The highest BCUT2D eigenvalue weighted by Crippen LogP contribution is 2.07. The Balaban J connectivity index is 2.69. The summed E-state index contributed by atoms with van der Waals surface area (Å²) in [6.45, 7) is 7.17. The number of carbonyl (C=O) groups is 1. The summed E-state index contributed by atoms with van der Waals surface area (Å²) in [4.78, 5) is 14.2. The van der Waals surface area contributed by atoms with E-state index in [2.05, 4.69) is 0 Å². The van der Waals surface area contributed by atoms with Gasteiger partial charge in [0.15, 0.2) is 0 Å². The predicted octanol–water partition coefficient (Wildman–Crippen LogP) is 2.07. The van der Waals surface area contributed by atoms with E-state index in [0.29, 0.717) is 50.6 Å². The van der Waals surface area contributed by atoms with Crippen LogP contribution in [-0.2, 0) is 9.47 Å². The predicted molar refractivity (Wildman–Crippen MR) is 80.0 cm³/mol. The normalized spacial score (nSPS) is 10.1. The minimum Gasteiger partial charge on any atom is -0.380 e. The molecule has 5 nitrogen and oxygen atoms in total. The maximum atomic E-state index is 12.5. The zero-order valence-electron chi connectivity index (χ0n) is 12.7. The minimum atomic E-state index is -0.0705. The van der Waals surface area contributed by atoms with E-state index in [1.807, 2.05) is 19.9 Å². The van der Waals surface area contributed by atoms with Crippen LogP contribution in [0.15, 0.2) is 24.3 Å². The van der Waals surface area contributed by atoms with Crippen LogP contribution >= 0.6 is 0 Å². The van der Waals surface area contributed by atoms with Crippen LogP contribution in [0.1, 0.15) is 29.8 Å². The number of hydrogen-bond acceptors (Lipinski definition) is 4. The van der Waals surface area contributed by atoms with Crippen LogP contribution in [0.4, 0.5) is 0 Å². The number of carbonyl (C=O) groups excluding carboxylic acids is 1. The Morgan fingerprint density at radius 1 is 1.10 bits per heavy atom. The molecule has 0 aromatic heterocycles. The second kappa shape index (κ2) is 9.92. The molecule has 0 bridgehead atoms. The summed E-state index contributed by atoms with van der Waals surface area (Å²) in [5.41, 5.74) is 1.11. The minimum absolute atomic E-state index is 0.0705. The average Bonchev–Trinajstić information content (AvgIpc) is 2.53. The fourth-order valence-corrected chi connectivity index (χ4v) is 1.82. The first-order valence-corrected chi connectivity index (χ1v) is 7.17. The van der Waals surface area contributed by atoms with Gasteiger partial charge in [0.05, 0.1) is 24.8 Å². The lowest BCUT2D eigenvalue weighted by molar-refractivity contribution is 0.0550. The van der Waals surface area contributed by atoms with Gasteiger partial charge in [-0.05, 0) is 38.1 Å². The lowest BCUT2D eigenvalue weighted by Crippen LogP contribution is -2.36. The van der Waals surface area contributed by atoms with Gasteiger partial charge in [0.2, 0.25) is 0 Å². The van der Waals surface area contributed by atoms with Crippen LogP contribution in [0, 0.1) is 11.3 Å². The van der Waals surface area contributed by atoms with Crippen molar-refractivity contribution in [2.45, 2.75) is 13.8 Å². The van der Waals surface area contributed by atoms with Crippen LogP contribution in [-0.4, -0.2) is 50.3 Å². The van der Waals surface area contributed by atoms with E-state index in [1.165, 1.54) is 0 Å². The molecule has 0 aliphatic rings. The number of nitriles is 1. The van der Waals surface area contributed by atoms with E-state index in [-0.39, 0.29) is 5.91 Å². The second-order valence-corrected chi connectivity index (χ2v) is 4.38. The van der Waals surface area contributed by atoms with E-state index in [0.717, 1.165) is 0 Å². The van der Waals surface area contributed by atoms with E-state index >= 15 is 0 Å². The van der Waals surface area contributed by atoms with Crippen LogP contribution in [0.5, 0.6) is 0 Å². The smallest absolute Gasteiger partial charge is 0.254 e. The first kappa shape index (κ1) is 17.2. The molecule has 0 aliphatic carbocycles. The number of hydrogen-bond donors (Lipinski definition) is 0. The van der Waals surface area contributed by atoms with E-state index < -0.39 is 0 Å².